The molecule has 30 heavy (non-hydrogen) atoms. The van der Waals surface area contributed by atoms with Crippen LogP contribution < -0.4 is 5.32 Å². The number of hydrogen-bond donors (Lipinski definition) is 1. The van der Waals surface area contributed by atoms with E-state index in [9.17, 15) is 14.0 Å². The number of carbonyl (C=O) groups is 2. The van der Waals surface area contributed by atoms with Gasteiger partial charge in [0.05, 0.1) is 10.4 Å². The molecule has 1 aromatic heterocycles. The van der Waals surface area contributed by atoms with Crippen LogP contribution in [-0.2, 0) is 15.0 Å². The Labute approximate surface area is 180 Å². The summed E-state index contributed by atoms with van der Waals surface area (Å²) in [7, 11) is 0. The predicted molar refractivity (Wildman–Crippen MR) is 114 cm³/mol. The van der Waals surface area contributed by atoms with E-state index in [1.54, 1.807) is 18.2 Å². The van der Waals surface area contributed by atoms with Crippen molar-refractivity contribution in [3.05, 3.63) is 59.0 Å². The van der Waals surface area contributed by atoms with Crippen LogP contribution in [0.15, 0.2) is 42.6 Å². The minimum atomic E-state index is -0.635. The summed E-state index contributed by atoms with van der Waals surface area (Å²) in [4.78, 5) is 32.1. The molecule has 1 N–H and O–H groups in total. The fourth-order valence-corrected chi connectivity index (χ4v) is 4.83. The number of carbonyl (C=O) groups excluding carboxylic acids is 2. The first kappa shape index (κ1) is 20.8. The highest BCUT2D eigenvalue weighted by atomic mass is 35.5. The largest absolute Gasteiger partial charge is 0.342 e. The second-order valence-electron chi connectivity index (χ2n) is 8.22. The van der Waals surface area contributed by atoms with Gasteiger partial charge in [0.25, 0.3) is 0 Å². The number of hydrogen-bond acceptors (Lipinski definition) is 3. The van der Waals surface area contributed by atoms with Gasteiger partial charge in [0.2, 0.25) is 11.8 Å². The summed E-state index contributed by atoms with van der Waals surface area (Å²) in [6, 6.07) is 9.81. The highest BCUT2D eigenvalue weighted by Crippen LogP contribution is 2.43. The van der Waals surface area contributed by atoms with Gasteiger partial charge in [0.1, 0.15) is 11.6 Å². The minimum absolute atomic E-state index is 0.0730. The summed E-state index contributed by atoms with van der Waals surface area (Å²) in [5.74, 6) is -0.0154. The van der Waals surface area contributed by atoms with Gasteiger partial charge in [0.15, 0.2) is 0 Å². The topological polar surface area (TPSA) is 62.3 Å². The molecule has 1 aliphatic heterocycles. The highest BCUT2D eigenvalue weighted by molar-refractivity contribution is 6.30. The molecule has 1 saturated carbocycles. The van der Waals surface area contributed by atoms with Crippen molar-refractivity contribution in [2.45, 2.75) is 43.9 Å². The Balaban J connectivity index is 1.41. The first-order valence-electron chi connectivity index (χ1n) is 10.5. The average molecular weight is 430 g/mol. The van der Waals surface area contributed by atoms with E-state index in [4.69, 9.17) is 11.6 Å². The number of anilines is 1. The molecule has 1 saturated heterocycles. The summed E-state index contributed by atoms with van der Waals surface area (Å²) in [6.07, 6.45) is 6.13. The van der Waals surface area contributed by atoms with Gasteiger partial charge in [-0.3, -0.25) is 9.59 Å². The van der Waals surface area contributed by atoms with Crippen molar-refractivity contribution in [3.63, 3.8) is 0 Å². The van der Waals surface area contributed by atoms with Crippen molar-refractivity contribution >= 4 is 29.2 Å². The lowest BCUT2D eigenvalue weighted by Crippen LogP contribution is -2.49. The van der Waals surface area contributed by atoms with Crippen LogP contribution in [0.1, 0.15) is 44.1 Å². The van der Waals surface area contributed by atoms with Crippen LogP contribution in [0.25, 0.3) is 0 Å². The summed E-state index contributed by atoms with van der Waals surface area (Å²) in [5, 5.41) is 3.34. The number of halogens is 2. The predicted octanol–water partition coefficient (Wildman–Crippen LogP) is 4.56. The molecule has 0 bridgehead atoms. The maximum atomic E-state index is 13.9. The van der Waals surface area contributed by atoms with Gasteiger partial charge in [0, 0.05) is 25.2 Å². The summed E-state index contributed by atoms with van der Waals surface area (Å²) < 4.78 is 13.9. The third kappa shape index (κ3) is 4.19. The number of piperidine rings is 1. The Morgan fingerprint density at radius 1 is 1.13 bits per heavy atom. The second-order valence-corrected chi connectivity index (χ2v) is 8.65. The van der Waals surface area contributed by atoms with Crippen molar-refractivity contribution < 1.29 is 14.0 Å². The molecule has 1 aromatic carbocycles. The molecular formula is C23H25ClFN3O2. The molecule has 0 radical (unpaired) electrons. The minimum Gasteiger partial charge on any atom is -0.342 e. The molecule has 5 nitrogen and oxygen atoms in total. The molecule has 2 aromatic rings. The number of pyridine rings is 1. The smallest absolute Gasteiger partial charge is 0.233 e. The van der Waals surface area contributed by atoms with Crippen LogP contribution >= 0.6 is 11.6 Å². The molecule has 7 heteroatoms. The van der Waals surface area contributed by atoms with E-state index in [2.05, 4.69) is 10.3 Å². The fourth-order valence-electron chi connectivity index (χ4n) is 4.72. The lowest BCUT2D eigenvalue weighted by atomic mass is 9.77. The maximum absolute atomic E-state index is 13.9. The molecule has 0 atom stereocenters. The number of aromatic nitrogens is 1. The van der Waals surface area contributed by atoms with E-state index in [1.807, 2.05) is 11.0 Å². The van der Waals surface area contributed by atoms with Crippen LogP contribution in [0, 0.1) is 11.7 Å². The van der Waals surface area contributed by atoms with Gasteiger partial charge >= 0.3 is 0 Å². The molecular weight excluding hydrogens is 405 g/mol. The molecule has 4 rings (SSSR count). The zero-order chi connectivity index (χ0) is 21.1. The van der Waals surface area contributed by atoms with E-state index >= 15 is 0 Å². The Morgan fingerprint density at radius 3 is 2.50 bits per heavy atom. The SMILES string of the molecule is O=C(Nc1ccc(Cl)cn1)C1CCN(C(=O)C2(c3cccc(F)c3)CCCC2)CC1. The molecule has 2 fully saturated rings. The standard InChI is InChI=1S/C23H25ClFN3O2/c24-18-6-7-20(26-15-18)27-21(29)16-8-12-28(13-9-16)22(30)23(10-1-2-11-23)17-4-3-5-19(25)14-17/h3-7,14-16H,1-2,8-13H2,(H,26,27,29). The number of nitrogens with zero attached hydrogens (tertiary/aromatic N) is 2. The van der Waals surface area contributed by atoms with Crippen molar-refractivity contribution in [3.8, 4) is 0 Å². The van der Waals surface area contributed by atoms with Crippen LogP contribution in [-0.4, -0.2) is 34.8 Å². The van der Waals surface area contributed by atoms with Crippen LogP contribution in [0.3, 0.4) is 0 Å². The molecule has 0 unspecified atom stereocenters. The number of amides is 2. The van der Waals surface area contributed by atoms with Gasteiger partial charge in [-0.2, -0.15) is 0 Å². The number of benzene rings is 1. The Morgan fingerprint density at radius 2 is 1.87 bits per heavy atom. The molecule has 2 heterocycles. The van der Waals surface area contributed by atoms with Gasteiger partial charge in [-0.05, 0) is 55.5 Å². The third-order valence-corrected chi connectivity index (χ3v) is 6.60. The van der Waals surface area contributed by atoms with Crippen molar-refractivity contribution in [1.29, 1.82) is 0 Å². The summed E-state index contributed by atoms with van der Waals surface area (Å²) in [6.45, 7) is 1.06. The van der Waals surface area contributed by atoms with E-state index in [-0.39, 0.29) is 23.5 Å². The second kappa shape index (κ2) is 8.72. The number of likely N-dealkylation sites (tertiary alicyclic amines) is 1. The van der Waals surface area contributed by atoms with Crippen LogP contribution in [0.5, 0.6) is 0 Å². The molecule has 2 aliphatic rings. The number of rotatable bonds is 4. The van der Waals surface area contributed by atoms with Gasteiger partial charge in [-0.1, -0.05) is 36.6 Å². The normalized spacial score (nSPS) is 18.9. The van der Waals surface area contributed by atoms with Gasteiger partial charge < -0.3 is 10.2 Å². The fraction of sp³-hybridized carbons (Fsp3) is 0.435. The highest BCUT2D eigenvalue weighted by Gasteiger charge is 2.45. The van der Waals surface area contributed by atoms with Crippen molar-refractivity contribution in [2.24, 2.45) is 5.92 Å². The lowest BCUT2D eigenvalue weighted by molar-refractivity contribution is -0.140. The first-order valence-corrected chi connectivity index (χ1v) is 10.8. The van der Waals surface area contributed by atoms with Crippen LogP contribution in [0.2, 0.25) is 5.02 Å². The van der Waals surface area contributed by atoms with Gasteiger partial charge in [-0.25, -0.2) is 9.37 Å². The van der Waals surface area contributed by atoms with Crippen molar-refractivity contribution in [1.82, 2.24) is 9.88 Å². The van der Waals surface area contributed by atoms with Crippen LogP contribution in [0.4, 0.5) is 10.2 Å². The first-order chi connectivity index (χ1) is 14.5. The van der Waals surface area contributed by atoms with E-state index in [0.29, 0.717) is 36.8 Å². The van der Waals surface area contributed by atoms with E-state index < -0.39 is 5.41 Å². The van der Waals surface area contributed by atoms with E-state index in [0.717, 1.165) is 31.2 Å². The summed E-state index contributed by atoms with van der Waals surface area (Å²) >= 11 is 5.83. The average Bonchev–Trinajstić information content (AvgIpc) is 3.26. The molecule has 158 valence electrons. The molecule has 1 aliphatic carbocycles. The zero-order valence-electron chi connectivity index (χ0n) is 16.7. The summed E-state index contributed by atoms with van der Waals surface area (Å²) in [5.41, 5.74) is 0.142. The monoisotopic (exact) mass is 429 g/mol. The molecule has 0 spiro atoms. The maximum Gasteiger partial charge on any atom is 0.233 e. The Bertz CT molecular complexity index is 920. The molecule has 2 amide bonds. The number of nitrogens with one attached hydrogen (secondary N) is 1. The lowest BCUT2D eigenvalue weighted by Gasteiger charge is -2.38. The Hall–Kier alpha value is -2.47. The Kier molecular flexibility index (Phi) is 6.04. The van der Waals surface area contributed by atoms with E-state index in [1.165, 1.54) is 18.3 Å². The quantitative estimate of drug-likeness (QED) is 0.774. The zero-order valence-corrected chi connectivity index (χ0v) is 17.5. The van der Waals surface area contributed by atoms with Gasteiger partial charge in [-0.15, -0.1) is 0 Å². The van der Waals surface area contributed by atoms with Crippen molar-refractivity contribution in [2.75, 3.05) is 18.4 Å². The third-order valence-electron chi connectivity index (χ3n) is 6.38.